The van der Waals surface area contributed by atoms with E-state index in [2.05, 4.69) is 10.4 Å². The third kappa shape index (κ3) is 4.19. The third-order valence-electron chi connectivity index (χ3n) is 3.32. The van der Waals surface area contributed by atoms with Crippen LogP contribution in [-0.2, 0) is 11.3 Å². The Morgan fingerprint density at radius 2 is 1.96 bits per heavy atom. The molecule has 3 rings (SSSR count). The minimum atomic E-state index is -0.329. The molecule has 1 amide bonds. The van der Waals surface area contributed by atoms with E-state index >= 15 is 0 Å². The van der Waals surface area contributed by atoms with Gasteiger partial charge in [-0.3, -0.25) is 4.79 Å². The van der Waals surface area contributed by atoms with Crippen LogP contribution in [0.1, 0.15) is 5.56 Å². The van der Waals surface area contributed by atoms with Gasteiger partial charge >= 0.3 is 0 Å². The number of rotatable bonds is 6. The van der Waals surface area contributed by atoms with Crippen LogP contribution in [0.2, 0.25) is 0 Å². The highest BCUT2D eigenvalue weighted by molar-refractivity contribution is 5.77. The highest BCUT2D eigenvalue weighted by Gasteiger charge is 2.06. The molecule has 0 unspecified atom stereocenters. The van der Waals surface area contributed by atoms with Crippen LogP contribution in [0.4, 0.5) is 4.39 Å². The maximum absolute atomic E-state index is 13.1. The van der Waals surface area contributed by atoms with Gasteiger partial charge in [-0.2, -0.15) is 0 Å². The Balaban J connectivity index is 1.49. The SMILES string of the molecule is O=C(COc1ccn(-c2ccccc2)n1)NCc1cccc(F)c1. The molecular weight excluding hydrogens is 309 g/mol. The molecule has 3 aromatic rings. The van der Waals surface area contributed by atoms with Crippen molar-refractivity contribution in [2.75, 3.05) is 6.61 Å². The van der Waals surface area contributed by atoms with Crippen LogP contribution in [-0.4, -0.2) is 22.3 Å². The van der Waals surface area contributed by atoms with Crippen molar-refractivity contribution in [3.63, 3.8) is 0 Å². The van der Waals surface area contributed by atoms with Gasteiger partial charge in [0.25, 0.3) is 5.91 Å². The smallest absolute Gasteiger partial charge is 0.258 e. The van der Waals surface area contributed by atoms with Crippen molar-refractivity contribution in [1.82, 2.24) is 15.1 Å². The fourth-order valence-corrected chi connectivity index (χ4v) is 2.15. The van der Waals surface area contributed by atoms with Crippen LogP contribution in [0.3, 0.4) is 0 Å². The molecular formula is C18H16FN3O2. The Hall–Kier alpha value is -3.15. The number of nitrogens with zero attached hydrogens (tertiary/aromatic N) is 2. The Bertz CT molecular complexity index is 818. The number of para-hydroxylation sites is 1. The largest absolute Gasteiger partial charge is 0.466 e. The van der Waals surface area contributed by atoms with Gasteiger partial charge in [-0.05, 0) is 29.8 Å². The summed E-state index contributed by atoms with van der Waals surface area (Å²) in [6.45, 7) is 0.0968. The molecule has 0 fully saturated rings. The molecule has 122 valence electrons. The Labute approximate surface area is 138 Å². The zero-order chi connectivity index (χ0) is 16.8. The molecule has 0 aliphatic carbocycles. The summed E-state index contributed by atoms with van der Waals surface area (Å²) in [5.74, 6) is -0.266. The molecule has 0 atom stereocenters. The summed E-state index contributed by atoms with van der Waals surface area (Å²) in [5.41, 5.74) is 1.60. The first kappa shape index (κ1) is 15.7. The van der Waals surface area contributed by atoms with Gasteiger partial charge in [0.2, 0.25) is 5.88 Å². The van der Waals surface area contributed by atoms with Gasteiger partial charge in [-0.15, -0.1) is 5.10 Å². The fraction of sp³-hybridized carbons (Fsp3) is 0.111. The molecule has 0 spiro atoms. The van der Waals surface area contributed by atoms with Crippen LogP contribution >= 0.6 is 0 Å². The van der Waals surface area contributed by atoms with Crippen molar-refractivity contribution in [2.45, 2.75) is 6.54 Å². The quantitative estimate of drug-likeness (QED) is 0.758. The van der Waals surface area contributed by atoms with Crippen molar-refractivity contribution < 1.29 is 13.9 Å². The van der Waals surface area contributed by atoms with Gasteiger partial charge in [0.05, 0.1) is 5.69 Å². The Morgan fingerprint density at radius 1 is 1.12 bits per heavy atom. The van der Waals surface area contributed by atoms with E-state index in [0.717, 1.165) is 5.69 Å². The van der Waals surface area contributed by atoms with Crippen LogP contribution in [0.15, 0.2) is 66.9 Å². The first-order chi connectivity index (χ1) is 11.7. The number of halogens is 1. The standard InChI is InChI=1S/C18H16FN3O2/c19-15-6-4-5-14(11-15)12-20-17(23)13-24-18-9-10-22(21-18)16-7-2-1-3-8-16/h1-11H,12-13H2,(H,20,23). The van der Waals surface area contributed by atoms with E-state index in [1.165, 1.54) is 12.1 Å². The topological polar surface area (TPSA) is 56.2 Å². The number of amides is 1. The second-order valence-electron chi connectivity index (χ2n) is 5.13. The molecule has 0 saturated heterocycles. The minimum absolute atomic E-state index is 0.152. The average molecular weight is 325 g/mol. The predicted octanol–water partition coefficient (Wildman–Crippen LogP) is 2.71. The van der Waals surface area contributed by atoms with Crippen molar-refractivity contribution in [2.24, 2.45) is 0 Å². The van der Waals surface area contributed by atoms with Crippen molar-refractivity contribution in [1.29, 1.82) is 0 Å². The fourth-order valence-electron chi connectivity index (χ4n) is 2.15. The van der Waals surface area contributed by atoms with Gasteiger partial charge in [0.1, 0.15) is 5.82 Å². The molecule has 0 aliphatic heterocycles. The third-order valence-corrected chi connectivity index (χ3v) is 3.32. The molecule has 0 radical (unpaired) electrons. The molecule has 0 saturated carbocycles. The molecule has 1 aromatic heterocycles. The average Bonchev–Trinajstić information content (AvgIpc) is 3.08. The second-order valence-corrected chi connectivity index (χ2v) is 5.13. The maximum atomic E-state index is 13.1. The Kier molecular flexibility index (Phi) is 4.86. The molecule has 6 heteroatoms. The zero-order valence-corrected chi connectivity index (χ0v) is 12.9. The zero-order valence-electron chi connectivity index (χ0n) is 12.9. The van der Waals surface area contributed by atoms with Crippen LogP contribution in [0.25, 0.3) is 5.69 Å². The number of hydrogen-bond donors (Lipinski definition) is 1. The van der Waals surface area contributed by atoms with Gasteiger partial charge in [-0.1, -0.05) is 30.3 Å². The van der Waals surface area contributed by atoms with Crippen molar-refractivity contribution >= 4 is 5.91 Å². The van der Waals surface area contributed by atoms with E-state index in [1.807, 2.05) is 30.3 Å². The first-order valence-electron chi connectivity index (χ1n) is 7.46. The minimum Gasteiger partial charge on any atom is -0.466 e. The Morgan fingerprint density at radius 3 is 2.75 bits per heavy atom. The number of carbonyl (C=O) groups is 1. The number of hydrogen-bond acceptors (Lipinski definition) is 3. The summed E-state index contributed by atoms with van der Waals surface area (Å²) in [7, 11) is 0. The first-order valence-corrected chi connectivity index (χ1v) is 7.46. The highest BCUT2D eigenvalue weighted by Crippen LogP contribution is 2.11. The summed E-state index contributed by atoms with van der Waals surface area (Å²) in [4.78, 5) is 11.8. The number of aromatic nitrogens is 2. The summed E-state index contributed by atoms with van der Waals surface area (Å²) < 4.78 is 20.1. The predicted molar refractivity (Wildman–Crippen MR) is 87.3 cm³/mol. The lowest BCUT2D eigenvalue weighted by molar-refractivity contribution is -0.123. The molecule has 0 aliphatic rings. The van der Waals surface area contributed by atoms with Gasteiger partial charge in [0.15, 0.2) is 6.61 Å². The summed E-state index contributed by atoms with van der Waals surface area (Å²) in [5, 5.41) is 6.92. The van der Waals surface area contributed by atoms with E-state index in [4.69, 9.17) is 4.74 Å². The van der Waals surface area contributed by atoms with E-state index in [1.54, 1.807) is 29.1 Å². The second kappa shape index (κ2) is 7.41. The van der Waals surface area contributed by atoms with Crippen molar-refractivity contribution in [3.8, 4) is 11.6 Å². The lowest BCUT2D eigenvalue weighted by Gasteiger charge is -2.06. The number of carbonyl (C=O) groups excluding carboxylic acids is 1. The monoisotopic (exact) mass is 325 g/mol. The highest BCUT2D eigenvalue weighted by atomic mass is 19.1. The molecule has 1 heterocycles. The van der Waals surface area contributed by atoms with Gasteiger partial charge in [-0.25, -0.2) is 9.07 Å². The lowest BCUT2D eigenvalue weighted by Crippen LogP contribution is -2.28. The van der Waals surface area contributed by atoms with Gasteiger partial charge in [0, 0.05) is 18.8 Å². The van der Waals surface area contributed by atoms with Crippen LogP contribution in [0, 0.1) is 5.82 Å². The van der Waals surface area contributed by atoms with E-state index in [0.29, 0.717) is 11.4 Å². The van der Waals surface area contributed by atoms with E-state index < -0.39 is 0 Å². The summed E-state index contributed by atoms with van der Waals surface area (Å²) >= 11 is 0. The van der Waals surface area contributed by atoms with Gasteiger partial charge < -0.3 is 10.1 Å². The summed E-state index contributed by atoms with van der Waals surface area (Å²) in [6.07, 6.45) is 1.76. The molecule has 1 N–H and O–H groups in total. The number of benzene rings is 2. The maximum Gasteiger partial charge on any atom is 0.258 e. The van der Waals surface area contributed by atoms with Crippen molar-refractivity contribution in [3.05, 3.63) is 78.2 Å². The summed E-state index contributed by atoms with van der Waals surface area (Å²) in [6, 6.07) is 17.4. The van der Waals surface area contributed by atoms with E-state index in [9.17, 15) is 9.18 Å². The molecule has 0 bridgehead atoms. The number of nitrogens with one attached hydrogen (secondary N) is 1. The lowest BCUT2D eigenvalue weighted by atomic mass is 10.2. The van der Waals surface area contributed by atoms with Crippen LogP contribution in [0.5, 0.6) is 5.88 Å². The van der Waals surface area contributed by atoms with E-state index in [-0.39, 0.29) is 24.9 Å². The molecule has 5 nitrogen and oxygen atoms in total. The van der Waals surface area contributed by atoms with Crippen LogP contribution < -0.4 is 10.1 Å². The number of ether oxygens (including phenoxy) is 1. The molecule has 24 heavy (non-hydrogen) atoms. The normalized spacial score (nSPS) is 10.4. The molecule has 2 aromatic carbocycles.